The van der Waals surface area contributed by atoms with Crippen LogP contribution in [0, 0.1) is 31.6 Å². The number of Topliss-reactive ketones (excluding diaryl/α,β-unsaturated/α-hetero) is 1. The van der Waals surface area contributed by atoms with Gasteiger partial charge in [0.25, 0.3) is 11.4 Å². The number of hydrogen-bond donors (Lipinski definition) is 0. The van der Waals surface area contributed by atoms with E-state index >= 15 is 0 Å². The minimum absolute atomic E-state index is 0.0227. The first-order chi connectivity index (χ1) is 14.3. The van der Waals surface area contributed by atoms with Gasteiger partial charge in [0.05, 0.1) is 14.9 Å². The molecule has 3 rings (SSSR count). The second-order valence-electron chi connectivity index (χ2n) is 5.93. The Bertz CT molecular complexity index is 1260. The fourth-order valence-electron chi connectivity index (χ4n) is 2.60. The van der Waals surface area contributed by atoms with E-state index in [0.29, 0.717) is 0 Å². The topological polar surface area (TPSA) is 140 Å². The summed E-state index contributed by atoms with van der Waals surface area (Å²) in [4.78, 5) is 33.2. The zero-order valence-electron chi connectivity index (χ0n) is 14.9. The van der Waals surface area contributed by atoms with Crippen molar-refractivity contribution in [2.45, 2.75) is 0 Å². The summed E-state index contributed by atoms with van der Waals surface area (Å²) < 4.78 is 5.57. The third kappa shape index (κ3) is 4.24. The van der Waals surface area contributed by atoms with Crippen LogP contribution >= 0.6 is 11.6 Å². The van der Waals surface area contributed by atoms with E-state index in [1.807, 2.05) is 0 Å². The highest BCUT2D eigenvalue weighted by molar-refractivity contribution is 6.33. The third-order valence-electron chi connectivity index (χ3n) is 4.02. The molecule has 1 aromatic heterocycles. The summed E-state index contributed by atoms with van der Waals surface area (Å²) in [5.41, 5.74) is -0.513. The number of nitro groups is 2. The largest absolute Gasteiger partial charge is 0.457 e. The third-order valence-corrected chi connectivity index (χ3v) is 4.35. The molecule has 0 fully saturated rings. The molecule has 148 valence electrons. The van der Waals surface area contributed by atoms with Crippen molar-refractivity contribution in [2.75, 3.05) is 0 Å². The van der Waals surface area contributed by atoms with Gasteiger partial charge in [0.1, 0.15) is 23.2 Å². The Morgan fingerprint density at radius 3 is 2.40 bits per heavy atom. The van der Waals surface area contributed by atoms with Crippen molar-refractivity contribution in [3.63, 3.8) is 0 Å². The maximum Gasteiger partial charge on any atom is 0.270 e. The normalized spacial score (nSPS) is 11.0. The van der Waals surface area contributed by atoms with Gasteiger partial charge in [0.15, 0.2) is 0 Å². The maximum atomic E-state index is 12.6. The number of nitro benzene ring substituents is 2. The lowest BCUT2D eigenvalue weighted by Gasteiger charge is -2.01. The van der Waals surface area contributed by atoms with Crippen LogP contribution in [-0.4, -0.2) is 15.6 Å². The van der Waals surface area contributed by atoms with E-state index in [9.17, 15) is 30.3 Å². The molecule has 0 atom stereocenters. The van der Waals surface area contributed by atoms with Crippen molar-refractivity contribution < 1.29 is 19.1 Å². The van der Waals surface area contributed by atoms with Crippen molar-refractivity contribution in [1.82, 2.24) is 0 Å². The van der Waals surface area contributed by atoms with Crippen molar-refractivity contribution in [3.05, 3.63) is 96.7 Å². The Morgan fingerprint density at radius 2 is 1.73 bits per heavy atom. The molecule has 0 aliphatic carbocycles. The average molecular weight is 424 g/mol. The highest BCUT2D eigenvalue weighted by Crippen LogP contribution is 2.33. The van der Waals surface area contributed by atoms with E-state index in [-0.39, 0.29) is 44.6 Å². The van der Waals surface area contributed by atoms with Crippen LogP contribution in [0.25, 0.3) is 17.4 Å². The minimum atomic E-state index is -0.715. The van der Waals surface area contributed by atoms with Gasteiger partial charge in [-0.1, -0.05) is 23.7 Å². The van der Waals surface area contributed by atoms with Gasteiger partial charge < -0.3 is 4.42 Å². The number of hydrogen-bond acceptors (Lipinski definition) is 7. The summed E-state index contributed by atoms with van der Waals surface area (Å²) in [6, 6.07) is 13.6. The SMILES string of the molecule is N#C/C(=C\c1ccc(-c2cc([N+](=O)[O-])ccc2Cl)o1)C(=O)c1cccc([N+](=O)[O-])c1. The van der Waals surface area contributed by atoms with Crippen molar-refractivity contribution >= 4 is 34.8 Å². The van der Waals surface area contributed by atoms with Gasteiger partial charge in [-0.2, -0.15) is 5.26 Å². The van der Waals surface area contributed by atoms with Crippen LogP contribution in [-0.2, 0) is 0 Å². The van der Waals surface area contributed by atoms with Crippen molar-refractivity contribution in [2.24, 2.45) is 0 Å². The monoisotopic (exact) mass is 423 g/mol. The molecule has 0 unspecified atom stereocenters. The standard InChI is InChI=1S/C20H10ClN3O6/c21-18-6-4-15(24(28)29)10-17(18)19-7-5-16(30-19)9-13(11-22)20(25)12-2-1-3-14(8-12)23(26)27/h1-10H/b13-9+. The van der Waals surface area contributed by atoms with E-state index in [0.717, 1.165) is 6.07 Å². The molecule has 0 bridgehead atoms. The van der Waals surface area contributed by atoms with Gasteiger partial charge in [0.2, 0.25) is 5.78 Å². The van der Waals surface area contributed by atoms with Crippen molar-refractivity contribution in [3.8, 4) is 17.4 Å². The lowest BCUT2D eigenvalue weighted by molar-refractivity contribution is -0.385. The summed E-state index contributed by atoms with van der Waals surface area (Å²) in [5.74, 6) is -0.384. The van der Waals surface area contributed by atoms with Gasteiger partial charge in [-0.15, -0.1) is 0 Å². The van der Waals surface area contributed by atoms with Gasteiger partial charge in [-0.3, -0.25) is 25.0 Å². The Labute approximate surface area is 173 Å². The Balaban J connectivity index is 1.95. The maximum absolute atomic E-state index is 12.6. The van der Waals surface area contributed by atoms with Gasteiger partial charge in [-0.25, -0.2) is 0 Å². The fourth-order valence-corrected chi connectivity index (χ4v) is 2.81. The summed E-state index contributed by atoms with van der Waals surface area (Å²) >= 11 is 6.09. The van der Waals surface area contributed by atoms with Crippen LogP contribution < -0.4 is 0 Å². The smallest absolute Gasteiger partial charge is 0.270 e. The summed E-state index contributed by atoms with van der Waals surface area (Å²) in [6.45, 7) is 0. The van der Waals surface area contributed by atoms with Crippen LogP contribution in [0.5, 0.6) is 0 Å². The quantitative estimate of drug-likeness (QED) is 0.174. The second-order valence-corrected chi connectivity index (χ2v) is 6.34. The number of allylic oxidation sites excluding steroid dienone is 1. The lowest BCUT2D eigenvalue weighted by atomic mass is 10.0. The Hall–Kier alpha value is -4.29. The van der Waals surface area contributed by atoms with Gasteiger partial charge >= 0.3 is 0 Å². The fraction of sp³-hybridized carbons (Fsp3) is 0. The Kier molecular flexibility index (Phi) is 5.71. The van der Waals surface area contributed by atoms with E-state index in [4.69, 9.17) is 16.0 Å². The molecular weight excluding hydrogens is 414 g/mol. The summed E-state index contributed by atoms with van der Waals surface area (Å²) in [7, 11) is 0. The van der Waals surface area contributed by atoms with Crippen LogP contribution in [0.1, 0.15) is 16.1 Å². The first kappa shape index (κ1) is 20.4. The molecule has 0 saturated carbocycles. The molecule has 0 radical (unpaired) electrons. The molecule has 30 heavy (non-hydrogen) atoms. The van der Waals surface area contributed by atoms with Gasteiger partial charge in [-0.05, 0) is 18.2 Å². The molecular formula is C20H10ClN3O6. The number of furan rings is 1. The lowest BCUT2D eigenvalue weighted by Crippen LogP contribution is -2.02. The molecule has 0 N–H and O–H groups in total. The number of carbonyl (C=O) groups excluding carboxylic acids is 1. The molecule has 10 heteroatoms. The van der Waals surface area contributed by atoms with Gasteiger partial charge in [0, 0.05) is 41.5 Å². The molecule has 0 spiro atoms. The van der Waals surface area contributed by atoms with E-state index in [1.165, 1.54) is 54.6 Å². The highest BCUT2D eigenvalue weighted by atomic mass is 35.5. The number of carbonyl (C=O) groups is 1. The number of benzene rings is 2. The number of nitriles is 1. The number of ketones is 1. The van der Waals surface area contributed by atoms with E-state index < -0.39 is 15.6 Å². The number of halogens is 1. The second kappa shape index (κ2) is 8.38. The van der Waals surface area contributed by atoms with Crippen LogP contribution in [0.15, 0.2) is 64.6 Å². The Morgan fingerprint density at radius 1 is 1.03 bits per heavy atom. The molecule has 3 aromatic rings. The molecule has 0 aliphatic rings. The zero-order valence-corrected chi connectivity index (χ0v) is 15.7. The highest BCUT2D eigenvalue weighted by Gasteiger charge is 2.18. The van der Waals surface area contributed by atoms with Crippen LogP contribution in [0.3, 0.4) is 0 Å². The number of rotatable bonds is 6. The first-order valence-corrected chi connectivity index (χ1v) is 8.63. The first-order valence-electron chi connectivity index (χ1n) is 8.25. The molecule has 9 nitrogen and oxygen atoms in total. The summed E-state index contributed by atoms with van der Waals surface area (Å²) in [6.07, 6.45) is 1.18. The molecule has 1 heterocycles. The summed E-state index contributed by atoms with van der Waals surface area (Å²) in [5, 5.41) is 31.4. The number of non-ortho nitro benzene ring substituents is 2. The molecule has 0 amide bonds. The predicted molar refractivity (Wildman–Crippen MR) is 107 cm³/mol. The van der Waals surface area contributed by atoms with E-state index in [1.54, 1.807) is 6.07 Å². The average Bonchev–Trinajstić information content (AvgIpc) is 3.20. The predicted octanol–water partition coefficient (Wildman–Crippen LogP) is 5.21. The number of nitrogens with zero attached hydrogens (tertiary/aromatic N) is 3. The molecule has 2 aromatic carbocycles. The van der Waals surface area contributed by atoms with E-state index in [2.05, 4.69) is 0 Å². The minimum Gasteiger partial charge on any atom is -0.457 e. The molecule has 0 aliphatic heterocycles. The zero-order chi connectivity index (χ0) is 21.8. The van der Waals surface area contributed by atoms with Crippen LogP contribution in [0.2, 0.25) is 5.02 Å². The molecule has 0 saturated heterocycles. The van der Waals surface area contributed by atoms with Crippen molar-refractivity contribution in [1.29, 1.82) is 5.26 Å². The van der Waals surface area contributed by atoms with Crippen LogP contribution in [0.4, 0.5) is 11.4 Å².